The topological polar surface area (TPSA) is 46.2 Å². The van der Waals surface area contributed by atoms with E-state index in [2.05, 4.69) is 5.32 Å². The van der Waals surface area contributed by atoms with Crippen LogP contribution in [-0.4, -0.2) is 25.8 Å². The van der Waals surface area contributed by atoms with Crippen molar-refractivity contribution >= 4 is 27.1 Å². The van der Waals surface area contributed by atoms with E-state index in [1.165, 1.54) is 18.2 Å². The van der Waals surface area contributed by atoms with Crippen LogP contribution in [0.4, 0.5) is 18.9 Å². The van der Waals surface area contributed by atoms with Crippen molar-refractivity contribution in [3.8, 4) is 0 Å². The van der Waals surface area contributed by atoms with Crippen LogP contribution in [0.5, 0.6) is 0 Å². The van der Waals surface area contributed by atoms with Crippen LogP contribution in [0.25, 0.3) is 0 Å². The number of sulfone groups is 1. The van der Waals surface area contributed by atoms with Gasteiger partial charge in [0.05, 0.1) is 10.6 Å². The van der Waals surface area contributed by atoms with Crippen molar-refractivity contribution in [1.82, 2.24) is 0 Å². The molecule has 0 aliphatic rings. The van der Waals surface area contributed by atoms with E-state index < -0.39 is 20.2 Å². The van der Waals surface area contributed by atoms with Crippen molar-refractivity contribution in [3.05, 3.63) is 24.3 Å². The second kappa shape index (κ2) is 5.36. The van der Waals surface area contributed by atoms with Crippen LogP contribution in [0.15, 0.2) is 29.2 Å². The van der Waals surface area contributed by atoms with E-state index in [1.54, 1.807) is 6.92 Å². The number of rotatable bonds is 4. The molecule has 0 aliphatic carbocycles. The smallest absolute Gasteiger partial charge is 0.383 e. The Hall–Kier alpha value is -0.950. The van der Waals surface area contributed by atoms with Gasteiger partial charge in [-0.05, 0) is 19.1 Å². The third kappa shape index (κ3) is 3.29. The summed E-state index contributed by atoms with van der Waals surface area (Å²) in [5.74, 6) is 0. The zero-order chi connectivity index (χ0) is 14.0. The number of nitrogens with one attached hydrogen (secondary N) is 1. The van der Waals surface area contributed by atoms with E-state index in [-0.39, 0.29) is 17.6 Å². The van der Waals surface area contributed by atoms with Crippen LogP contribution in [-0.2, 0) is 9.84 Å². The Bertz CT molecular complexity index is 514. The zero-order valence-electron chi connectivity index (χ0n) is 9.33. The summed E-state index contributed by atoms with van der Waals surface area (Å²) in [4.78, 5) is -0.796. The van der Waals surface area contributed by atoms with Crippen molar-refractivity contribution in [2.75, 3.05) is 11.9 Å². The van der Waals surface area contributed by atoms with Gasteiger partial charge in [-0.1, -0.05) is 12.1 Å². The van der Waals surface area contributed by atoms with Gasteiger partial charge in [0.2, 0.25) is 0 Å². The molecule has 8 heteroatoms. The van der Waals surface area contributed by atoms with Gasteiger partial charge in [0, 0.05) is 11.9 Å². The number of hydrogen-bond donors (Lipinski definition) is 1. The third-order valence-corrected chi connectivity index (χ3v) is 3.75. The summed E-state index contributed by atoms with van der Waals surface area (Å²) < 4.78 is 60.0. The molecule has 0 saturated carbocycles. The minimum absolute atomic E-state index is 0.109. The third-order valence-electron chi connectivity index (χ3n) is 2.06. The summed E-state index contributed by atoms with van der Waals surface area (Å²) >= 11 is 5.65. The molecule has 1 unspecified atom stereocenters. The van der Waals surface area contributed by atoms with Crippen LogP contribution in [0.3, 0.4) is 0 Å². The van der Waals surface area contributed by atoms with Gasteiger partial charge in [-0.3, -0.25) is 0 Å². The Kier molecular flexibility index (Phi) is 4.50. The Morgan fingerprint density at radius 1 is 1.33 bits per heavy atom. The number of para-hydroxylation sites is 1. The van der Waals surface area contributed by atoms with Crippen LogP contribution < -0.4 is 5.32 Å². The number of anilines is 1. The lowest BCUT2D eigenvalue weighted by Gasteiger charge is -2.14. The largest absolute Gasteiger partial charge is 0.501 e. The Morgan fingerprint density at radius 2 is 1.89 bits per heavy atom. The second-order valence-electron chi connectivity index (χ2n) is 3.61. The fourth-order valence-electron chi connectivity index (χ4n) is 1.22. The molecule has 0 radical (unpaired) electrons. The van der Waals surface area contributed by atoms with Gasteiger partial charge in [-0.25, -0.2) is 8.42 Å². The summed E-state index contributed by atoms with van der Waals surface area (Å²) in [6.45, 7) is 1.79. The van der Waals surface area contributed by atoms with E-state index in [1.807, 2.05) is 0 Å². The number of alkyl halides is 4. The molecule has 0 heterocycles. The van der Waals surface area contributed by atoms with Crippen molar-refractivity contribution in [1.29, 1.82) is 0 Å². The molecule has 0 aliphatic heterocycles. The lowest BCUT2D eigenvalue weighted by atomic mass is 10.3. The quantitative estimate of drug-likeness (QED) is 0.870. The second-order valence-corrected chi connectivity index (χ2v) is 6.26. The average Bonchev–Trinajstić information content (AvgIpc) is 2.25. The van der Waals surface area contributed by atoms with E-state index >= 15 is 0 Å². The molecule has 1 aromatic carbocycles. The maximum Gasteiger partial charge on any atom is 0.501 e. The van der Waals surface area contributed by atoms with Gasteiger partial charge in [0.25, 0.3) is 9.84 Å². The van der Waals surface area contributed by atoms with Gasteiger partial charge < -0.3 is 5.32 Å². The van der Waals surface area contributed by atoms with Crippen LogP contribution >= 0.6 is 11.6 Å². The van der Waals surface area contributed by atoms with Crippen molar-refractivity contribution in [2.24, 2.45) is 0 Å². The van der Waals surface area contributed by atoms with Gasteiger partial charge in [0.15, 0.2) is 0 Å². The summed E-state index contributed by atoms with van der Waals surface area (Å²) in [5.41, 5.74) is -5.43. The molecule has 0 spiro atoms. The van der Waals surface area contributed by atoms with Crippen molar-refractivity contribution in [2.45, 2.75) is 22.7 Å². The first-order valence-corrected chi connectivity index (χ1v) is 6.86. The summed E-state index contributed by atoms with van der Waals surface area (Å²) in [7, 11) is -5.36. The highest BCUT2D eigenvalue weighted by atomic mass is 35.5. The first-order chi connectivity index (χ1) is 8.16. The molecule has 0 fully saturated rings. The molecular formula is C10H11ClF3NO2S. The average molecular weight is 302 g/mol. The van der Waals surface area contributed by atoms with Crippen LogP contribution in [0.1, 0.15) is 6.92 Å². The fourth-order valence-corrected chi connectivity index (χ4v) is 2.24. The van der Waals surface area contributed by atoms with Gasteiger partial charge in [-0.2, -0.15) is 13.2 Å². The number of halogens is 4. The minimum Gasteiger partial charge on any atom is -0.383 e. The van der Waals surface area contributed by atoms with E-state index in [4.69, 9.17) is 11.6 Å². The molecule has 0 aromatic heterocycles. The van der Waals surface area contributed by atoms with Crippen molar-refractivity contribution in [3.63, 3.8) is 0 Å². The van der Waals surface area contributed by atoms with Gasteiger partial charge in [-0.15, -0.1) is 11.6 Å². The molecule has 1 N–H and O–H groups in total. The zero-order valence-corrected chi connectivity index (χ0v) is 10.9. The highest BCUT2D eigenvalue weighted by molar-refractivity contribution is 7.92. The fraction of sp³-hybridized carbons (Fsp3) is 0.400. The lowest BCUT2D eigenvalue weighted by Crippen LogP contribution is -2.24. The van der Waals surface area contributed by atoms with Gasteiger partial charge in [0.1, 0.15) is 0 Å². The predicted molar refractivity (Wildman–Crippen MR) is 63.5 cm³/mol. The van der Waals surface area contributed by atoms with E-state index in [9.17, 15) is 21.6 Å². The Labute approximate surface area is 108 Å². The molecule has 1 aromatic rings. The van der Waals surface area contributed by atoms with Crippen LogP contribution in [0, 0.1) is 0 Å². The molecule has 0 amide bonds. The van der Waals surface area contributed by atoms with Crippen molar-refractivity contribution < 1.29 is 21.6 Å². The summed E-state index contributed by atoms with van der Waals surface area (Å²) in [6.07, 6.45) is 0. The monoisotopic (exact) mass is 301 g/mol. The molecule has 3 nitrogen and oxygen atoms in total. The van der Waals surface area contributed by atoms with E-state index in [0.29, 0.717) is 0 Å². The normalized spacial score (nSPS) is 14.3. The lowest BCUT2D eigenvalue weighted by molar-refractivity contribution is -0.0435. The molecule has 1 rings (SSSR count). The summed E-state index contributed by atoms with van der Waals surface area (Å²) in [6, 6.07) is 4.84. The molecule has 1 atom stereocenters. The number of benzene rings is 1. The molecule has 102 valence electrons. The first-order valence-electron chi connectivity index (χ1n) is 4.94. The predicted octanol–water partition coefficient (Wildman–Crippen LogP) is 3.02. The molecule has 0 saturated heterocycles. The molecular weight excluding hydrogens is 291 g/mol. The Balaban J connectivity index is 3.18. The van der Waals surface area contributed by atoms with Crippen LogP contribution in [0.2, 0.25) is 0 Å². The summed E-state index contributed by atoms with van der Waals surface area (Å²) in [5, 5.41) is 2.24. The molecule has 18 heavy (non-hydrogen) atoms. The maximum atomic E-state index is 12.5. The minimum atomic E-state index is -5.36. The maximum absolute atomic E-state index is 12.5. The van der Waals surface area contributed by atoms with E-state index in [0.717, 1.165) is 6.07 Å². The molecule has 0 bridgehead atoms. The SMILES string of the molecule is CC(Cl)CNc1ccccc1S(=O)(=O)C(F)(F)F. The first kappa shape index (κ1) is 15.1. The van der Waals surface area contributed by atoms with Gasteiger partial charge >= 0.3 is 5.51 Å². The standard InChI is InChI=1S/C10H11ClF3NO2S/c1-7(11)6-15-8-4-2-3-5-9(8)18(16,17)10(12,13)14/h2-5,7,15H,6H2,1H3. The highest BCUT2D eigenvalue weighted by Crippen LogP contribution is 2.34. The Morgan fingerprint density at radius 3 is 2.39 bits per heavy atom. The number of hydrogen-bond acceptors (Lipinski definition) is 3. The highest BCUT2D eigenvalue weighted by Gasteiger charge is 2.47.